The van der Waals surface area contributed by atoms with Crippen LogP contribution in [0.3, 0.4) is 0 Å². The van der Waals surface area contributed by atoms with Crippen LogP contribution in [0.1, 0.15) is 37.1 Å². The van der Waals surface area contributed by atoms with Crippen LogP contribution >= 0.6 is 23.4 Å². The molecular formula is C21H28ClN3O2S. The number of carbonyl (C=O) groups is 2. The average molecular weight is 422 g/mol. The molecule has 0 radical (unpaired) electrons. The quantitative estimate of drug-likeness (QED) is 0.707. The lowest BCUT2D eigenvalue weighted by Crippen LogP contribution is -2.51. The van der Waals surface area contributed by atoms with Gasteiger partial charge in [-0.1, -0.05) is 36.7 Å². The SMILES string of the molecule is CC[C@H]1S[C@H](c2ccccc2Cl)N(CCN2CCN(C(=O)C3CC3)CC2)C1=O. The average Bonchev–Trinajstić information content (AvgIpc) is 3.51. The van der Waals surface area contributed by atoms with Crippen LogP contribution in [0, 0.1) is 5.92 Å². The van der Waals surface area contributed by atoms with Crippen LogP contribution in [0.5, 0.6) is 0 Å². The van der Waals surface area contributed by atoms with E-state index in [1.807, 2.05) is 34.1 Å². The maximum atomic E-state index is 12.9. The minimum Gasteiger partial charge on any atom is -0.340 e. The molecule has 3 fully saturated rings. The number of amides is 2. The number of hydrogen-bond donors (Lipinski definition) is 0. The van der Waals surface area contributed by atoms with E-state index in [-0.39, 0.29) is 16.5 Å². The monoisotopic (exact) mass is 421 g/mol. The first-order valence-corrected chi connectivity index (χ1v) is 11.6. The Hall–Kier alpha value is -1.24. The fourth-order valence-electron chi connectivity index (χ4n) is 4.03. The first-order chi connectivity index (χ1) is 13.6. The number of benzene rings is 1. The van der Waals surface area contributed by atoms with Crippen molar-refractivity contribution in [3.8, 4) is 0 Å². The molecule has 1 aromatic carbocycles. The van der Waals surface area contributed by atoms with E-state index in [0.29, 0.717) is 18.4 Å². The van der Waals surface area contributed by atoms with Gasteiger partial charge in [0.15, 0.2) is 0 Å². The largest absolute Gasteiger partial charge is 0.340 e. The van der Waals surface area contributed by atoms with Crippen LogP contribution in [0.4, 0.5) is 0 Å². The molecule has 2 saturated heterocycles. The molecule has 0 N–H and O–H groups in total. The predicted octanol–water partition coefficient (Wildman–Crippen LogP) is 3.25. The Labute approximate surface area is 176 Å². The molecular weight excluding hydrogens is 394 g/mol. The third-order valence-electron chi connectivity index (χ3n) is 5.94. The Morgan fingerprint density at radius 2 is 1.86 bits per heavy atom. The molecule has 5 nitrogen and oxygen atoms in total. The summed E-state index contributed by atoms with van der Waals surface area (Å²) in [6, 6.07) is 7.84. The Balaban J connectivity index is 1.36. The van der Waals surface area contributed by atoms with Gasteiger partial charge in [-0.15, -0.1) is 11.8 Å². The van der Waals surface area contributed by atoms with Gasteiger partial charge in [-0.2, -0.15) is 0 Å². The molecule has 0 bridgehead atoms. The standard InChI is InChI=1S/C21H28ClN3O2S/c1-2-18-20(27)25(21(28-18)16-5-3-4-6-17(16)22)14-11-23-9-12-24(13-10-23)19(26)15-7-8-15/h3-6,15,18,21H,2,7-14H2,1H3/t18-,21-/m1/s1. The van der Waals surface area contributed by atoms with Crippen molar-refractivity contribution in [1.29, 1.82) is 0 Å². The number of carbonyl (C=O) groups excluding carboxylic acids is 2. The fraction of sp³-hybridized carbons (Fsp3) is 0.619. The molecule has 1 saturated carbocycles. The zero-order chi connectivity index (χ0) is 19.7. The molecule has 0 spiro atoms. The molecule has 0 aromatic heterocycles. The summed E-state index contributed by atoms with van der Waals surface area (Å²) in [5.74, 6) is 0.864. The van der Waals surface area contributed by atoms with Gasteiger partial charge in [0.2, 0.25) is 11.8 Å². The Kier molecular flexibility index (Phi) is 6.18. The van der Waals surface area contributed by atoms with Gasteiger partial charge in [0.25, 0.3) is 0 Å². The van der Waals surface area contributed by atoms with Crippen molar-refractivity contribution in [3.05, 3.63) is 34.9 Å². The minimum absolute atomic E-state index is 0.00860. The summed E-state index contributed by atoms with van der Waals surface area (Å²) in [5.41, 5.74) is 1.03. The Morgan fingerprint density at radius 1 is 1.14 bits per heavy atom. The molecule has 1 aliphatic carbocycles. The summed E-state index contributed by atoms with van der Waals surface area (Å²) in [6.07, 6.45) is 2.97. The molecule has 0 unspecified atom stereocenters. The van der Waals surface area contributed by atoms with Crippen LogP contribution in [0.2, 0.25) is 5.02 Å². The second kappa shape index (κ2) is 8.64. The van der Waals surface area contributed by atoms with Crippen molar-refractivity contribution < 1.29 is 9.59 Å². The highest BCUT2D eigenvalue weighted by Gasteiger charge is 2.41. The predicted molar refractivity (Wildman–Crippen MR) is 113 cm³/mol. The van der Waals surface area contributed by atoms with Gasteiger partial charge in [-0.25, -0.2) is 0 Å². The van der Waals surface area contributed by atoms with Gasteiger partial charge >= 0.3 is 0 Å². The molecule has 2 heterocycles. The summed E-state index contributed by atoms with van der Waals surface area (Å²) in [5, 5.41) is 0.722. The van der Waals surface area contributed by atoms with E-state index >= 15 is 0 Å². The van der Waals surface area contributed by atoms with E-state index in [1.165, 1.54) is 0 Å². The molecule has 7 heteroatoms. The van der Waals surface area contributed by atoms with Crippen LogP contribution in [0.15, 0.2) is 24.3 Å². The van der Waals surface area contributed by atoms with Gasteiger partial charge in [0, 0.05) is 55.8 Å². The van der Waals surface area contributed by atoms with Gasteiger partial charge in [-0.3, -0.25) is 14.5 Å². The molecule has 3 aliphatic rings. The van der Waals surface area contributed by atoms with Crippen LogP contribution in [0.25, 0.3) is 0 Å². The normalized spacial score (nSPS) is 26.1. The van der Waals surface area contributed by atoms with Crippen molar-refractivity contribution in [2.45, 2.75) is 36.8 Å². The maximum absolute atomic E-state index is 12.9. The van der Waals surface area contributed by atoms with Crippen molar-refractivity contribution in [1.82, 2.24) is 14.7 Å². The molecule has 4 rings (SSSR count). The molecule has 152 valence electrons. The second-order valence-corrected chi connectivity index (χ2v) is 9.57. The molecule has 28 heavy (non-hydrogen) atoms. The first-order valence-electron chi connectivity index (χ1n) is 10.3. The van der Waals surface area contributed by atoms with Gasteiger partial charge in [-0.05, 0) is 25.3 Å². The van der Waals surface area contributed by atoms with E-state index in [1.54, 1.807) is 11.8 Å². The number of nitrogens with zero attached hydrogens (tertiary/aromatic N) is 3. The molecule has 1 aromatic rings. The molecule has 2 atom stereocenters. The highest BCUT2D eigenvalue weighted by Crippen LogP contribution is 2.45. The second-order valence-electron chi connectivity index (χ2n) is 7.88. The lowest BCUT2D eigenvalue weighted by Gasteiger charge is -2.36. The fourth-order valence-corrected chi connectivity index (χ4v) is 5.80. The third-order valence-corrected chi connectivity index (χ3v) is 7.92. The number of halogens is 1. The topological polar surface area (TPSA) is 43.9 Å². The summed E-state index contributed by atoms with van der Waals surface area (Å²) >= 11 is 8.15. The van der Waals surface area contributed by atoms with Crippen LogP contribution < -0.4 is 0 Å². The number of piperazine rings is 1. The Bertz CT molecular complexity index is 734. The minimum atomic E-state index is -0.0103. The summed E-state index contributed by atoms with van der Waals surface area (Å²) < 4.78 is 0. The number of rotatable bonds is 6. The lowest BCUT2D eigenvalue weighted by molar-refractivity contribution is -0.134. The third kappa shape index (κ3) is 4.19. The van der Waals surface area contributed by atoms with Crippen LogP contribution in [-0.4, -0.2) is 71.0 Å². The van der Waals surface area contributed by atoms with Gasteiger partial charge in [0.05, 0.1) is 5.25 Å². The lowest BCUT2D eigenvalue weighted by atomic mass is 10.2. The maximum Gasteiger partial charge on any atom is 0.236 e. The van der Waals surface area contributed by atoms with Crippen molar-refractivity contribution in [2.75, 3.05) is 39.3 Å². The van der Waals surface area contributed by atoms with E-state index in [4.69, 9.17) is 11.6 Å². The highest BCUT2D eigenvalue weighted by atomic mass is 35.5. The number of thioether (sulfide) groups is 1. The van der Waals surface area contributed by atoms with Crippen molar-refractivity contribution in [3.63, 3.8) is 0 Å². The zero-order valence-electron chi connectivity index (χ0n) is 16.3. The van der Waals surface area contributed by atoms with Gasteiger partial charge in [0.1, 0.15) is 5.37 Å². The van der Waals surface area contributed by atoms with Crippen LogP contribution in [-0.2, 0) is 9.59 Å². The molecule has 2 aliphatic heterocycles. The number of hydrogen-bond acceptors (Lipinski definition) is 4. The van der Waals surface area contributed by atoms with Crippen molar-refractivity contribution in [2.24, 2.45) is 5.92 Å². The van der Waals surface area contributed by atoms with Gasteiger partial charge < -0.3 is 9.80 Å². The van der Waals surface area contributed by atoms with E-state index in [0.717, 1.165) is 62.6 Å². The van der Waals surface area contributed by atoms with E-state index in [2.05, 4.69) is 11.8 Å². The Morgan fingerprint density at radius 3 is 2.50 bits per heavy atom. The zero-order valence-corrected chi connectivity index (χ0v) is 17.9. The van der Waals surface area contributed by atoms with E-state index in [9.17, 15) is 9.59 Å². The van der Waals surface area contributed by atoms with E-state index < -0.39 is 0 Å². The smallest absolute Gasteiger partial charge is 0.236 e. The molecule has 2 amide bonds. The summed E-state index contributed by atoms with van der Waals surface area (Å²) in [7, 11) is 0. The summed E-state index contributed by atoms with van der Waals surface area (Å²) in [6.45, 7) is 7.01. The first kappa shape index (κ1) is 20.0. The summed E-state index contributed by atoms with van der Waals surface area (Å²) in [4.78, 5) is 31.5. The van der Waals surface area contributed by atoms with Crippen molar-refractivity contribution >= 4 is 35.2 Å². The highest BCUT2D eigenvalue weighted by molar-refractivity contribution is 8.01.